The highest BCUT2D eigenvalue weighted by atomic mass is 35.5. The molecule has 0 unspecified atom stereocenters. The highest BCUT2D eigenvalue weighted by Crippen LogP contribution is 2.32. The van der Waals surface area contributed by atoms with Gasteiger partial charge in [0.1, 0.15) is 5.82 Å². The second kappa shape index (κ2) is 7.44. The maximum Gasteiger partial charge on any atom is 0.255 e. The summed E-state index contributed by atoms with van der Waals surface area (Å²) >= 11 is 7.62. The Hall–Kier alpha value is -2.18. The maximum absolute atomic E-state index is 13.4. The van der Waals surface area contributed by atoms with E-state index in [2.05, 4.69) is 10.3 Å². The molecular weight excluding hydrogens is 385 g/mol. The number of nitrogens with zero attached hydrogens (tertiary/aromatic N) is 2. The van der Waals surface area contributed by atoms with Crippen molar-refractivity contribution in [2.45, 2.75) is 31.3 Å². The first kappa shape index (κ1) is 18.2. The molecule has 0 radical (unpaired) electrons. The van der Waals surface area contributed by atoms with E-state index in [9.17, 15) is 9.18 Å². The molecule has 2 aromatic carbocycles. The summed E-state index contributed by atoms with van der Waals surface area (Å²) in [5, 5.41) is 4.68. The van der Waals surface area contributed by atoms with Crippen LogP contribution in [0.3, 0.4) is 0 Å². The van der Waals surface area contributed by atoms with Crippen molar-refractivity contribution in [3.63, 3.8) is 0 Å². The van der Waals surface area contributed by atoms with Crippen molar-refractivity contribution in [1.29, 1.82) is 0 Å². The van der Waals surface area contributed by atoms with Gasteiger partial charge in [-0.1, -0.05) is 35.1 Å². The van der Waals surface area contributed by atoms with Crippen LogP contribution in [0.5, 0.6) is 0 Å². The summed E-state index contributed by atoms with van der Waals surface area (Å²) in [6.45, 7) is 0. The zero-order chi connectivity index (χ0) is 19.0. The summed E-state index contributed by atoms with van der Waals surface area (Å²) in [6, 6.07) is 11.9. The number of thiazole rings is 1. The number of anilines is 1. The fourth-order valence-electron chi connectivity index (χ4n) is 3.67. The van der Waals surface area contributed by atoms with E-state index in [0.717, 1.165) is 34.6 Å². The Morgan fingerprint density at radius 2 is 2.11 bits per heavy atom. The number of carbonyl (C=O) groups excluding carboxylic acids is 1. The van der Waals surface area contributed by atoms with E-state index in [1.165, 1.54) is 23.5 Å². The van der Waals surface area contributed by atoms with Gasteiger partial charge in [0.05, 0.1) is 26.8 Å². The van der Waals surface area contributed by atoms with Crippen molar-refractivity contribution in [3.05, 3.63) is 58.9 Å². The van der Waals surface area contributed by atoms with E-state index in [-0.39, 0.29) is 23.8 Å². The summed E-state index contributed by atoms with van der Waals surface area (Å²) in [6.07, 6.45) is 2.90. The van der Waals surface area contributed by atoms with Crippen molar-refractivity contribution in [2.75, 3.05) is 12.4 Å². The fourth-order valence-corrected chi connectivity index (χ4v) is 4.84. The molecule has 1 aromatic heterocycles. The number of aromatic nitrogens is 1. The SMILES string of the molecule is CN(C(=O)c1ccccc1Cl)[C@H]1CCC[C@@H]1Nc1nc2ccc(F)cc2s1. The van der Waals surface area contributed by atoms with Gasteiger partial charge >= 0.3 is 0 Å². The van der Waals surface area contributed by atoms with Gasteiger partial charge in [-0.25, -0.2) is 9.37 Å². The van der Waals surface area contributed by atoms with Crippen LogP contribution >= 0.6 is 22.9 Å². The van der Waals surface area contributed by atoms with Crippen LogP contribution in [0, 0.1) is 5.82 Å². The van der Waals surface area contributed by atoms with Crippen LogP contribution in [0.15, 0.2) is 42.5 Å². The number of fused-ring (bicyclic) bond motifs is 1. The Morgan fingerprint density at radius 1 is 1.30 bits per heavy atom. The molecule has 1 saturated carbocycles. The number of hydrogen-bond acceptors (Lipinski definition) is 4. The molecular formula is C20H19ClFN3OS. The second-order valence-electron chi connectivity index (χ2n) is 6.78. The minimum Gasteiger partial charge on any atom is -0.357 e. The van der Waals surface area contributed by atoms with Crippen LogP contribution in [-0.2, 0) is 0 Å². The lowest BCUT2D eigenvalue weighted by atomic mass is 10.1. The average Bonchev–Trinajstić information content (AvgIpc) is 3.27. The number of amides is 1. The third-order valence-electron chi connectivity index (χ3n) is 5.06. The van der Waals surface area contributed by atoms with E-state index in [1.54, 1.807) is 23.1 Å². The number of carbonyl (C=O) groups is 1. The summed E-state index contributed by atoms with van der Waals surface area (Å²) in [7, 11) is 1.82. The quantitative estimate of drug-likeness (QED) is 0.651. The molecule has 0 bridgehead atoms. The minimum atomic E-state index is -0.262. The standard InChI is InChI=1S/C20H19ClFN3OS/c1-25(19(26)13-5-2-3-6-14(13)21)17-8-4-7-15(17)23-20-24-16-10-9-12(22)11-18(16)27-20/h2-3,5-6,9-11,15,17H,4,7-8H2,1H3,(H,23,24)/t15-,17-/m0/s1. The number of halogens is 2. The molecule has 0 saturated heterocycles. The van der Waals surface area contributed by atoms with Crippen LogP contribution in [-0.4, -0.2) is 34.9 Å². The van der Waals surface area contributed by atoms with Gasteiger partial charge < -0.3 is 10.2 Å². The summed E-state index contributed by atoms with van der Waals surface area (Å²) in [4.78, 5) is 19.2. The molecule has 4 nitrogen and oxygen atoms in total. The summed E-state index contributed by atoms with van der Waals surface area (Å²) < 4.78 is 14.2. The normalized spacial score (nSPS) is 19.4. The Bertz CT molecular complexity index is 992. The predicted octanol–water partition coefficient (Wildman–Crippen LogP) is 5.19. The molecule has 2 atom stereocenters. The molecule has 1 N–H and O–H groups in total. The molecule has 1 fully saturated rings. The summed E-state index contributed by atoms with van der Waals surface area (Å²) in [5.74, 6) is -0.341. The van der Waals surface area contributed by atoms with Crippen LogP contribution in [0.2, 0.25) is 5.02 Å². The lowest BCUT2D eigenvalue weighted by Gasteiger charge is -2.30. The van der Waals surface area contributed by atoms with Crippen LogP contribution < -0.4 is 5.32 Å². The first-order valence-corrected chi connectivity index (χ1v) is 10.1. The van der Waals surface area contributed by atoms with Gasteiger partial charge in [-0.05, 0) is 49.6 Å². The Morgan fingerprint density at radius 3 is 2.93 bits per heavy atom. The van der Waals surface area contributed by atoms with E-state index < -0.39 is 0 Å². The number of benzene rings is 2. The molecule has 1 heterocycles. The molecule has 27 heavy (non-hydrogen) atoms. The molecule has 140 valence electrons. The van der Waals surface area contributed by atoms with Crippen LogP contribution in [0.1, 0.15) is 29.6 Å². The highest BCUT2D eigenvalue weighted by molar-refractivity contribution is 7.22. The topological polar surface area (TPSA) is 45.2 Å². The number of nitrogens with one attached hydrogen (secondary N) is 1. The van der Waals surface area contributed by atoms with Gasteiger partial charge in [-0.15, -0.1) is 0 Å². The molecule has 0 spiro atoms. The first-order chi connectivity index (χ1) is 13.0. The lowest BCUT2D eigenvalue weighted by Crippen LogP contribution is -2.44. The number of rotatable bonds is 4. The smallest absolute Gasteiger partial charge is 0.255 e. The van der Waals surface area contributed by atoms with Gasteiger partial charge in [0.15, 0.2) is 5.13 Å². The van der Waals surface area contributed by atoms with Gasteiger partial charge in [0.25, 0.3) is 5.91 Å². The van der Waals surface area contributed by atoms with Crippen molar-refractivity contribution >= 4 is 44.2 Å². The van der Waals surface area contributed by atoms with Crippen LogP contribution in [0.4, 0.5) is 9.52 Å². The zero-order valence-corrected chi connectivity index (χ0v) is 16.4. The predicted molar refractivity (Wildman–Crippen MR) is 108 cm³/mol. The van der Waals surface area contributed by atoms with Gasteiger partial charge in [0, 0.05) is 13.1 Å². The zero-order valence-electron chi connectivity index (χ0n) is 14.8. The number of hydrogen-bond donors (Lipinski definition) is 1. The van der Waals surface area contributed by atoms with Crippen molar-refractivity contribution in [2.24, 2.45) is 0 Å². The Kier molecular flexibility index (Phi) is 5.02. The molecule has 0 aliphatic heterocycles. The average molecular weight is 404 g/mol. The van der Waals surface area contributed by atoms with Crippen molar-refractivity contribution in [1.82, 2.24) is 9.88 Å². The molecule has 1 aliphatic rings. The molecule has 1 aliphatic carbocycles. The van der Waals surface area contributed by atoms with E-state index in [0.29, 0.717) is 10.6 Å². The van der Waals surface area contributed by atoms with Crippen molar-refractivity contribution < 1.29 is 9.18 Å². The monoisotopic (exact) mass is 403 g/mol. The minimum absolute atomic E-state index is 0.0533. The maximum atomic E-state index is 13.4. The molecule has 1 amide bonds. The molecule has 3 aromatic rings. The van der Waals surface area contributed by atoms with Gasteiger partial charge in [-0.2, -0.15) is 0 Å². The van der Waals surface area contributed by atoms with Crippen LogP contribution in [0.25, 0.3) is 10.2 Å². The largest absolute Gasteiger partial charge is 0.357 e. The van der Waals surface area contributed by atoms with Gasteiger partial charge in [0.2, 0.25) is 0 Å². The molecule has 4 rings (SSSR count). The Labute approximate surface area is 166 Å². The second-order valence-corrected chi connectivity index (χ2v) is 8.21. The van der Waals surface area contributed by atoms with Crippen molar-refractivity contribution in [3.8, 4) is 0 Å². The Balaban J connectivity index is 1.52. The fraction of sp³-hybridized carbons (Fsp3) is 0.300. The third-order valence-corrected chi connectivity index (χ3v) is 6.34. The lowest BCUT2D eigenvalue weighted by molar-refractivity contribution is 0.0728. The van der Waals surface area contributed by atoms with E-state index >= 15 is 0 Å². The van der Waals surface area contributed by atoms with Gasteiger partial charge in [-0.3, -0.25) is 4.79 Å². The summed E-state index contributed by atoms with van der Waals surface area (Å²) in [5.41, 5.74) is 1.29. The first-order valence-electron chi connectivity index (χ1n) is 8.87. The van der Waals surface area contributed by atoms with E-state index in [4.69, 9.17) is 11.6 Å². The number of likely N-dealkylation sites (N-methyl/N-ethyl adjacent to an activating group) is 1. The highest BCUT2D eigenvalue weighted by Gasteiger charge is 2.34. The van der Waals surface area contributed by atoms with E-state index in [1.807, 2.05) is 19.2 Å². The third kappa shape index (κ3) is 3.64. The molecule has 7 heteroatoms.